The van der Waals surface area contributed by atoms with E-state index in [1.807, 2.05) is 32.0 Å². The molecule has 1 heterocycles. The van der Waals surface area contributed by atoms with E-state index in [0.29, 0.717) is 31.9 Å². The molecular formula is C23H21Cl2N2O2S+. The number of hydrogen-bond acceptors (Lipinski definition) is 3. The summed E-state index contributed by atoms with van der Waals surface area (Å²) in [4.78, 5) is 0.311. The molecule has 0 saturated heterocycles. The topological polar surface area (TPSA) is 56.4 Å². The Labute approximate surface area is 191 Å². The zero-order chi connectivity index (χ0) is 21.8. The predicted octanol–water partition coefficient (Wildman–Crippen LogP) is 5.71. The van der Waals surface area contributed by atoms with E-state index in [1.165, 1.54) is 0 Å². The number of hydrogen-bond donors (Lipinski definition) is 3. The van der Waals surface area contributed by atoms with Crippen LogP contribution in [-0.2, 0) is 6.61 Å². The lowest BCUT2D eigenvalue weighted by Crippen LogP contribution is -2.39. The Kier molecular flexibility index (Phi) is 7.10. The second-order valence-corrected chi connectivity index (χ2v) is 8.10. The van der Waals surface area contributed by atoms with Crippen LogP contribution in [-0.4, -0.2) is 15.2 Å². The maximum absolute atomic E-state index is 11.1. The summed E-state index contributed by atoms with van der Waals surface area (Å²) in [6.07, 6.45) is 3.46. The summed E-state index contributed by atoms with van der Waals surface area (Å²) in [7, 11) is 0. The molecule has 0 radical (unpaired) electrons. The minimum atomic E-state index is -0.140. The Hall–Kier alpha value is -2.44. The van der Waals surface area contributed by atoms with E-state index >= 15 is 0 Å². The third-order valence-electron chi connectivity index (χ3n) is 4.57. The number of nitrogens with one attached hydrogen (secondary N) is 1. The van der Waals surface area contributed by atoms with Gasteiger partial charge < -0.3 is 15.5 Å². The monoisotopic (exact) mass is 459 g/mol. The highest BCUT2D eigenvalue weighted by atomic mass is 35.5. The molecule has 30 heavy (non-hydrogen) atoms. The van der Waals surface area contributed by atoms with Crippen molar-refractivity contribution in [1.82, 2.24) is 0 Å². The average molecular weight is 460 g/mol. The van der Waals surface area contributed by atoms with Crippen LogP contribution < -0.4 is 9.88 Å². The molecule has 0 aliphatic heterocycles. The second-order valence-electron chi connectivity index (χ2n) is 6.88. The van der Waals surface area contributed by atoms with Gasteiger partial charge in [0, 0.05) is 22.9 Å². The summed E-state index contributed by atoms with van der Waals surface area (Å²) in [6, 6.07) is 14.4. The standard InChI is InChI=1S/C23H20Cl2N2O2S/c1-14-5-8-20(15(2)10-14)26-23(30)21(27-9-3-4-16(12-27)13-28)22(29)17-6-7-18(24)19(25)11-17/h3-12,28H,13H2,1-2H3,(H-,26,29,30)/p+1. The van der Waals surface area contributed by atoms with Gasteiger partial charge in [-0.15, -0.1) is 0 Å². The van der Waals surface area contributed by atoms with E-state index < -0.39 is 0 Å². The first-order valence-corrected chi connectivity index (χ1v) is 10.3. The molecule has 3 N–H and O–H groups in total. The molecule has 0 saturated carbocycles. The van der Waals surface area contributed by atoms with E-state index in [4.69, 9.17) is 35.4 Å². The number of aromatic nitrogens is 1. The fourth-order valence-electron chi connectivity index (χ4n) is 3.02. The normalized spacial score (nSPS) is 11.8. The Balaban J connectivity index is 2.13. The number of nitrogens with zero attached hydrogens (tertiary/aromatic N) is 1. The number of aliphatic hydroxyl groups is 2. The van der Waals surface area contributed by atoms with Crippen LogP contribution in [0.5, 0.6) is 0 Å². The molecule has 1 aromatic heterocycles. The molecule has 0 aliphatic rings. The predicted molar refractivity (Wildman–Crippen MR) is 127 cm³/mol. The van der Waals surface area contributed by atoms with Gasteiger partial charge in [-0.2, -0.15) is 4.57 Å². The van der Waals surface area contributed by atoms with Crippen molar-refractivity contribution in [3.8, 4) is 0 Å². The summed E-state index contributed by atoms with van der Waals surface area (Å²) < 4.78 is 1.67. The average Bonchev–Trinajstić information content (AvgIpc) is 2.72. The number of halogens is 2. The van der Waals surface area contributed by atoms with E-state index in [9.17, 15) is 10.2 Å². The number of benzene rings is 2. The van der Waals surface area contributed by atoms with Crippen LogP contribution in [0, 0.1) is 13.8 Å². The Bertz CT molecular complexity index is 1150. The highest BCUT2D eigenvalue weighted by molar-refractivity contribution is 7.81. The van der Waals surface area contributed by atoms with Gasteiger partial charge in [0.15, 0.2) is 23.1 Å². The summed E-state index contributed by atoms with van der Waals surface area (Å²) >= 11 is 17.8. The minimum Gasteiger partial charge on any atom is -0.502 e. The summed E-state index contributed by atoms with van der Waals surface area (Å²) in [6.45, 7) is 3.87. The fourth-order valence-corrected chi connectivity index (χ4v) is 3.63. The molecule has 0 spiro atoms. The quantitative estimate of drug-likeness (QED) is 0.198. The van der Waals surface area contributed by atoms with Gasteiger partial charge in [-0.1, -0.05) is 53.1 Å². The lowest BCUT2D eigenvalue weighted by Gasteiger charge is -2.13. The van der Waals surface area contributed by atoms with Gasteiger partial charge in [0.2, 0.25) is 0 Å². The maximum atomic E-state index is 11.1. The van der Waals surface area contributed by atoms with Crippen LogP contribution in [0.2, 0.25) is 10.0 Å². The van der Waals surface area contributed by atoms with E-state index in [0.717, 1.165) is 16.8 Å². The van der Waals surface area contributed by atoms with Crippen molar-refractivity contribution in [2.75, 3.05) is 5.32 Å². The van der Waals surface area contributed by atoms with Crippen LogP contribution in [0.25, 0.3) is 11.5 Å². The van der Waals surface area contributed by atoms with E-state index in [-0.39, 0.29) is 12.4 Å². The molecule has 3 aromatic rings. The van der Waals surface area contributed by atoms with Crippen LogP contribution in [0.15, 0.2) is 60.9 Å². The van der Waals surface area contributed by atoms with E-state index in [2.05, 4.69) is 5.32 Å². The lowest BCUT2D eigenvalue weighted by atomic mass is 10.1. The molecule has 0 atom stereocenters. The molecule has 154 valence electrons. The molecule has 3 rings (SSSR count). The zero-order valence-electron chi connectivity index (χ0n) is 16.5. The number of pyridine rings is 1. The minimum absolute atomic E-state index is 0.0732. The van der Waals surface area contributed by atoms with Gasteiger partial charge in [-0.05, 0) is 49.7 Å². The van der Waals surface area contributed by atoms with Crippen LogP contribution >= 0.6 is 35.4 Å². The highest BCUT2D eigenvalue weighted by Crippen LogP contribution is 2.27. The highest BCUT2D eigenvalue weighted by Gasteiger charge is 2.25. The van der Waals surface area contributed by atoms with Crippen molar-refractivity contribution in [3.63, 3.8) is 0 Å². The molecule has 0 fully saturated rings. The summed E-state index contributed by atoms with van der Waals surface area (Å²) in [5.41, 5.74) is 4.49. The van der Waals surface area contributed by atoms with Crippen LogP contribution in [0.1, 0.15) is 22.3 Å². The van der Waals surface area contributed by atoms with E-state index in [1.54, 1.807) is 47.3 Å². The number of aliphatic hydroxyl groups excluding tert-OH is 2. The van der Waals surface area contributed by atoms with Gasteiger partial charge in [-0.25, -0.2) is 0 Å². The van der Waals surface area contributed by atoms with Crippen LogP contribution in [0.3, 0.4) is 0 Å². The molecule has 4 nitrogen and oxygen atoms in total. The number of rotatable bonds is 5. The molecule has 0 bridgehead atoms. The number of aryl methyl sites for hydroxylation is 2. The van der Waals surface area contributed by atoms with Crippen molar-refractivity contribution in [3.05, 3.63) is 93.2 Å². The summed E-state index contributed by atoms with van der Waals surface area (Å²) in [5, 5.41) is 24.6. The number of anilines is 1. The van der Waals surface area contributed by atoms with Gasteiger partial charge in [0.1, 0.15) is 0 Å². The lowest BCUT2D eigenvalue weighted by molar-refractivity contribution is -0.576. The zero-order valence-corrected chi connectivity index (χ0v) is 18.8. The molecular weight excluding hydrogens is 439 g/mol. The van der Waals surface area contributed by atoms with Gasteiger partial charge in [0.25, 0.3) is 5.70 Å². The Morgan fingerprint density at radius 3 is 2.50 bits per heavy atom. The summed E-state index contributed by atoms with van der Waals surface area (Å²) in [5.74, 6) is -0.0732. The fraction of sp³-hybridized carbons (Fsp3) is 0.130. The smallest absolute Gasteiger partial charge is 0.288 e. The Morgan fingerprint density at radius 2 is 1.83 bits per heavy atom. The van der Waals surface area contributed by atoms with Gasteiger partial charge >= 0.3 is 0 Å². The van der Waals surface area contributed by atoms with Crippen molar-refractivity contribution in [2.45, 2.75) is 20.5 Å². The molecule has 7 heteroatoms. The molecule has 0 unspecified atom stereocenters. The largest absolute Gasteiger partial charge is 0.502 e. The van der Waals surface area contributed by atoms with Crippen molar-refractivity contribution < 1.29 is 14.8 Å². The second kappa shape index (κ2) is 9.58. The van der Waals surface area contributed by atoms with Crippen molar-refractivity contribution in [2.24, 2.45) is 0 Å². The first kappa shape index (κ1) is 22.2. The molecule has 0 aliphatic carbocycles. The first-order chi connectivity index (χ1) is 14.3. The third-order valence-corrected chi connectivity index (χ3v) is 5.60. The Morgan fingerprint density at radius 1 is 1.07 bits per heavy atom. The van der Waals surface area contributed by atoms with Crippen molar-refractivity contribution in [1.29, 1.82) is 0 Å². The maximum Gasteiger partial charge on any atom is 0.288 e. The molecule has 0 amide bonds. The van der Waals surface area contributed by atoms with Gasteiger partial charge in [0.05, 0.1) is 16.7 Å². The van der Waals surface area contributed by atoms with Gasteiger partial charge in [-0.3, -0.25) is 0 Å². The first-order valence-electron chi connectivity index (χ1n) is 9.19. The van der Waals surface area contributed by atoms with Crippen LogP contribution in [0.4, 0.5) is 5.69 Å². The molecule has 2 aromatic carbocycles. The third kappa shape index (κ3) is 4.99. The van der Waals surface area contributed by atoms with Crippen molar-refractivity contribution >= 4 is 57.6 Å². The SMILES string of the molecule is Cc1ccc(NC(=S)/C(=C(\O)c2ccc(Cl)c(Cl)c2)[n+]2cccc(CO)c2)c(C)c1. The number of thiocarbonyl (C=S) groups is 1.